The number of nitrogens with zero attached hydrogens (tertiary/aromatic N) is 1. The lowest BCUT2D eigenvalue weighted by Gasteiger charge is -2.28. The second kappa shape index (κ2) is 6.73. The molecule has 0 aromatic rings. The summed E-state index contributed by atoms with van der Waals surface area (Å²) in [5.74, 6) is -1.16. The first-order valence-electron chi connectivity index (χ1n) is 6.55. The Morgan fingerprint density at radius 2 is 2.00 bits per heavy atom. The van der Waals surface area contributed by atoms with E-state index in [-0.39, 0.29) is 18.6 Å². The van der Waals surface area contributed by atoms with Gasteiger partial charge in [-0.3, -0.25) is 9.59 Å². The molecule has 1 saturated heterocycles. The summed E-state index contributed by atoms with van der Waals surface area (Å²) < 4.78 is 5.38. The molecule has 5 nitrogen and oxygen atoms in total. The van der Waals surface area contributed by atoms with Crippen molar-refractivity contribution in [1.29, 1.82) is 0 Å². The molecule has 0 saturated carbocycles. The summed E-state index contributed by atoms with van der Waals surface area (Å²) >= 11 is 0. The maximum absolute atomic E-state index is 12.2. The van der Waals surface area contributed by atoms with Crippen molar-refractivity contribution >= 4 is 11.9 Å². The fraction of sp³-hybridized carbons (Fsp3) is 0.846. The largest absolute Gasteiger partial charge is 0.481 e. The van der Waals surface area contributed by atoms with Gasteiger partial charge in [0.1, 0.15) is 6.10 Å². The molecule has 2 atom stereocenters. The summed E-state index contributed by atoms with van der Waals surface area (Å²) in [4.78, 5) is 24.8. The van der Waals surface area contributed by atoms with Crippen LogP contribution in [0, 0.1) is 11.8 Å². The molecule has 0 aromatic carbocycles. The van der Waals surface area contributed by atoms with Crippen LogP contribution in [0.15, 0.2) is 0 Å². The van der Waals surface area contributed by atoms with Crippen LogP contribution in [-0.2, 0) is 14.3 Å². The number of carbonyl (C=O) groups excluding carboxylic acids is 1. The number of aliphatic carboxylic acids is 1. The van der Waals surface area contributed by atoms with Crippen LogP contribution in [0.25, 0.3) is 0 Å². The van der Waals surface area contributed by atoms with Crippen molar-refractivity contribution in [3.8, 4) is 0 Å². The number of carboxylic acid groups (broad SMARTS) is 1. The van der Waals surface area contributed by atoms with E-state index in [0.29, 0.717) is 19.1 Å². The van der Waals surface area contributed by atoms with Gasteiger partial charge in [0.2, 0.25) is 0 Å². The van der Waals surface area contributed by atoms with Gasteiger partial charge in [0, 0.05) is 19.7 Å². The average molecular weight is 257 g/mol. The Bertz CT molecular complexity index is 297. The van der Waals surface area contributed by atoms with Crippen LogP contribution >= 0.6 is 0 Å². The highest BCUT2D eigenvalue weighted by Gasteiger charge is 2.30. The second-order valence-electron chi connectivity index (χ2n) is 5.38. The number of ether oxygens (including phenoxy) is 1. The molecule has 0 aromatic heterocycles. The first kappa shape index (κ1) is 15.0. The molecule has 1 rings (SSSR count). The molecule has 1 aliphatic heterocycles. The van der Waals surface area contributed by atoms with Crippen molar-refractivity contribution in [3.63, 3.8) is 0 Å². The van der Waals surface area contributed by atoms with Gasteiger partial charge >= 0.3 is 5.97 Å². The number of hydrogen-bond donors (Lipinski definition) is 1. The van der Waals surface area contributed by atoms with E-state index in [1.807, 2.05) is 13.8 Å². The fourth-order valence-electron chi connectivity index (χ4n) is 2.08. The molecule has 1 heterocycles. The minimum absolute atomic E-state index is 0.0608. The van der Waals surface area contributed by atoms with Crippen molar-refractivity contribution in [2.45, 2.75) is 39.7 Å². The van der Waals surface area contributed by atoms with Gasteiger partial charge in [0.15, 0.2) is 0 Å². The van der Waals surface area contributed by atoms with Crippen LogP contribution in [0.4, 0.5) is 0 Å². The Morgan fingerprint density at radius 3 is 2.44 bits per heavy atom. The summed E-state index contributed by atoms with van der Waals surface area (Å²) in [6, 6.07) is 0. The van der Waals surface area contributed by atoms with Gasteiger partial charge in [-0.25, -0.2) is 0 Å². The molecule has 1 fully saturated rings. The van der Waals surface area contributed by atoms with E-state index in [1.165, 1.54) is 0 Å². The van der Waals surface area contributed by atoms with Crippen molar-refractivity contribution in [3.05, 3.63) is 0 Å². The maximum atomic E-state index is 12.2. The summed E-state index contributed by atoms with van der Waals surface area (Å²) in [5.41, 5.74) is 0. The predicted molar refractivity (Wildman–Crippen MR) is 67.2 cm³/mol. The lowest BCUT2D eigenvalue weighted by atomic mass is 10.1. The highest BCUT2D eigenvalue weighted by Crippen LogP contribution is 2.16. The molecule has 1 amide bonds. The third kappa shape index (κ3) is 4.29. The van der Waals surface area contributed by atoms with E-state index >= 15 is 0 Å². The van der Waals surface area contributed by atoms with Crippen LogP contribution < -0.4 is 0 Å². The van der Waals surface area contributed by atoms with Crippen LogP contribution in [0.2, 0.25) is 0 Å². The highest BCUT2D eigenvalue weighted by molar-refractivity contribution is 5.82. The van der Waals surface area contributed by atoms with Crippen LogP contribution in [-0.4, -0.2) is 47.7 Å². The van der Waals surface area contributed by atoms with Crippen LogP contribution in [0.5, 0.6) is 0 Å². The number of carboxylic acids is 1. The fourth-order valence-corrected chi connectivity index (χ4v) is 2.08. The zero-order chi connectivity index (χ0) is 13.7. The monoisotopic (exact) mass is 257 g/mol. The normalized spacial score (nSPS) is 21.0. The molecule has 0 bridgehead atoms. The summed E-state index contributed by atoms with van der Waals surface area (Å²) in [6.07, 6.45) is 1.28. The van der Waals surface area contributed by atoms with Gasteiger partial charge in [-0.1, -0.05) is 20.8 Å². The summed E-state index contributed by atoms with van der Waals surface area (Å²) in [7, 11) is 0. The Labute approximate surface area is 108 Å². The lowest BCUT2D eigenvalue weighted by molar-refractivity contribution is -0.146. The topological polar surface area (TPSA) is 66.8 Å². The van der Waals surface area contributed by atoms with E-state index in [1.54, 1.807) is 11.8 Å². The number of rotatable bonds is 6. The minimum atomic E-state index is -0.871. The van der Waals surface area contributed by atoms with E-state index in [4.69, 9.17) is 9.84 Å². The van der Waals surface area contributed by atoms with Gasteiger partial charge in [-0.05, 0) is 18.8 Å². The van der Waals surface area contributed by atoms with Crippen LogP contribution in [0.1, 0.15) is 33.6 Å². The Morgan fingerprint density at radius 1 is 1.33 bits per heavy atom. The molecular formula is C13H23NO4. The molecular weight excluding hydrogens is 234 g/mol. The quantitative estimate of drug-likeness (QED) is 0.780. The highest BCUT2D eigenvalue weighted by atomic mass is 16.5. The van der Waals surface area contributed by atoms with Crippen molar-refractivity contribution < 1.29 is 19.4 Å². The number of hydrogen-bond acceptors (Lipinski definition) is 3. The van der Waals surface area contributed by atoms with Gasteiger partial charge < -0.3 is 14.7 Å². The Hall–Kier alpha value is -1.10. The molecule has 0 radical (unpaired) electrons. The van der Waals surface area contributed by atoms with Crippen molar-refractivity contribution in [1.82, 2.24) is 4.90 Å². The van der Waals surface area contributed by atoms with Gasteiger partial charge in [-0.2, -0.15) is 0 Å². The molecule has 0 spiro atoms. The summed E-state index contributed by atoms with van der Waals surface area (Å²) in [6.45, 7) is 7.11. The van der Waals surface area contributed by atoms with Crippen molar-refractivity contribution in [2.75, 3.05) is 19.7 Å². The molecule has 1 N–H and O–H groups in total. The van der Waals surface area contributed by atoms with Gasteiger partial charge in [0.25, 0.3) is 5.91 Å². The predicted octanol–water partition coefficient (Wildman–Crippen LogP) is 1.37. The number of amides is 1. The first-order valence-corrected chi connectivity index (χ1v) is 6.55. The second-order valence-corrected chi connectivity index (χ2v) is 5.38. The minimum Gasteiger partial charge on any atom is -0.481 e. The zero-order valence-electron chi connectivity index (χ0n) is 11.4. The molecule has 5 heteroatoms. The Kier molecular flexibility index (Phi) is 5.59. The summed E-state index contributed by atoms with van der Waals surface area (Å²) in [5, 5.41) is 8.94. The van der Waals surface area contributed by atoms with Gasteiger partial charge in [-0.15, -0.1) is 0 Å². The Balaban J connectivity index is 2.64. The lowest BCUT2D eigenvalue weighted by Crippen LogP contribution is -2.44. The van der Waals surface area contributed by atoms with Crippen molar-refractivity contribution in [2.24, 2.45) is 11.8 Å². The molecule has 0 aliphatic carbocycles. The SMILES string of the molecule is CC(C)CN(CC(C)C(=O)O)C(=O)C1CCCO1. The van der Waals surface area contributed by atoms with E-state index in [0.717, 1.165) is 12.8 Å². The van der Waals surface area contributed by atoms with E-state index < -0.39 is 11.9 Å². The van der Waals surface area contributed by atoms with E-state index in [9.17, 15) is 9.59 Å². The third-order valence-corrected chi connectivity index (χ3v) is 3.02. The molecule has 1 aliphatic rings. The molecule has 18 heavy (non-hydrogen) atoms. The smallest absolute Gasteiger partial charge is 0.308 e. The van der Waals surface area contributed by atoms with Gasteiger partial charge in [0.05, 0.1) is 5.92 Å². The number of carbonyl (C=O) groups is 2. The average Bonchev–Trinajstić information content (AvgIpc) is 2.79. The maximum Gasteiger partial charge on any atom is 0.308 e. The van der Waals surface area contributed by atoms with Crippen LogP contribution in [0.3, 0.4) is 0 Å². The molecule has 104 valence electrons. The standard InChI is InChI=1S/C13H23NO4/c1-9(2)7-14(8-10(3)13(16)17)12(15)11-5-4-6-18-11/h9-11H,4-8H2,1-3H3,(H,16,17). The zero-order valence-corrected chi connectivity index (χ0v) is 11.4. The third-order valence-electron chi connectivity index (χ3n) is 3.02. The molecule has 2 unspecified atom stereocenters. The first-order chi connectivity index (χ1) is 8.41. The van der Waals surface area contributed by atoms with E-state index in [2.05, 4.69) is 0 Å².